The average molecular weight is 408 g/mol. The summed E-state index contributed by atoms with van der Waals surface area (Å²) in [5, 5.41) is 0. The minimum Gasteiger partial charge on any atom is -0.493 e. The zero-order chi connectivity index (χ0) is 20.3. The van der Waals surface area contributed by atoms with Crippen LogP contribution in [0.15, 0.2) is 41.3 Å². The first kappa shape index (κ1) is 20.6. The van der Waals surface area contributed by atoms with Gasteiger partial charge in [-0.25, -0.2) is 12.8 Å². The van der Waals surface area contributed by atoms with E-state index in [1.807, 2.05) is 19.1 Å². The number of rotatable bonds is 6. The summed E-state index contributed by atoms with van der Waals surface area (Å²) in [6.07, 6.45) is 0. The summed E-state index contributed by atoms with van der Waals surface area (Å²) in [6.45, 7) is 4.75. The van der Waals surface area contributed by atoms with E-state index in [2.05, 4.69) is 4.90 Å². The monoisotopic (exact) mass is 408 g/mol. The van der Waals surface area contributed by atoms with Gasteiger partial charge < -0.3 is 9.47 Å². The summed E-state index contributed by atoms with van der Waals surface area (Å²) < 4.78 is 50.7. The molecule has 1 heterocycles. The van der Waals surface area contributed by atoms with E-state index in [0.717, 1.165) is 11.1 Å². The van der Waals surface area contributed by atoms with E-state index >= 15 is 0 Å². The molecule has 0 spiro atoms. The molecule has 8 heteroatoms. The quantitative estimate of drug-likeness (QED) is 0.736. The predicted octanol–water partition coefficient (Wildman–Crippen LogP) is 2.66. The van der Waals surface area contributed by atoms with Gasteiger partial charge in [-0.1, -0.05) is 0 Å². The van der Waals surface area contributed by atoms with Crippen LogP contribution in [0.5, 0.6) is 11.5 Å². The molecular weight excluding hydrogens is 383 g/mol. The Morgan fingerprint density at radius 3 is 2.11 bits per heavy atom. The van der Waals surface area contributed by atoms with Gasteiger partial charge >= 0.3 is 0 Å². The number of halogens is 1. The lowest BCUT2D eigenvalue weighted by Crippen LogP contribution is -2.48. The maximum absolute atomic E-state index is 13.1. The average Bonchev–Trinajstić information content (AvgIpc) is 2.70. The Balaban J connectivity index is 1.67. The number of sulfonamides is 1. The molecule has 0 aromatic heterocycles. The van der Waals surface area contributed by atoms with Crippen molar-refractivity contribution >= 4 is 10.0 Å². The fourth-order valence-electron chi connectivity index (χ4n) is 3.32. The van der Waals surface area contributed by atoms with Gasteiger partial charge in [-0.15, -0.1) is 0 Å². The number of aryl methyl sites for hydroxylation is 1. The second-order valence-electron chi connectivity index (χ2n) is 6.77. The summed E-state index contributed by atoms with van der Waals surface area (Å²) in [5.41, 5.74) is 2.21. The van der Waals surface area contributed by atoms with E-state index in [4.69, 9.17) is 9.47 Å². The van der Waals surface area contributed by atoms with E-state index in [1.165, 1.54) is 28.6 Å². The molecule has 2 aromatic rings. The summed E-state index contributed by atoms with van der Waals surface area (Å²) in [6, 6.07) is 8.87. The molecule has 0 N–H and O–H groups in total. The second-order valence-corrected chi connectivity index (χ2v) is 8.71. The first-order valence-corrected chi connectivity index (χ1v) is 10.5. The number of hydrogen-bond donors (Lipinski definition) is 0. The highest BCUT2D eigenvalue weighted by Crippen LogP contribution is 2.31. The Kier molecular flexibility index (Phi) is 6.22. The van der Waals surface area contributed by atoms with E-state index in [0.29, 0.717) is 44.2 Å². The van der Waals surface area contributed by atoms with Crippen LogP contribution in [0.4, 0.5) is 4.39 Å². The number of hydrogen-bond acceptors (Lipinski definition) is 5. The van der Waals surface area contributed by atoms with Crippen LogP contribution in [-0.2, 0) is 16.6 Å². The molecule has 2 aromatic carbocycles. The number of ether oxygens (including phenoxy) is 2. The fourth-order valence-corrected chi connectivity index (χ4v) is 4.74. The highest BCUT2D eigenvalue weighted by Gasteiger charge is 2.28. The van der Waals surface area contributed by atoms with Crippen molar-refractivity contribution in [1.29, 1.82) is 0 Å². The molecule has 0 radical (unpaired) electrons. The molecule has 0 atom stereocenters. The van der Waals surface area contributed by atoms with Crippen LogP contribution in [0, 0.1) is 12.7 Å². The number of benzene rings is 2. The molecule has 1 saturated heterocycles. The predicted molar refractivity (Wildman–Crippen MR) is 105 cm³/mol. The lowest BCUT2D eigenvalue weighted by atomic mass is 10.1. The molecule has 0 unspecified atom stereocenters. The molecule has 1 aliphatic rings. The first-order chi connectivity index (χ1) is 13.3. The Morgan fingerprint density at radius 1 is 0.964 bits per heavy atom. The molecule has 1 aliphatic heterocycles. The zero-order valence-corrected chi connectivity index (χ0v) is 17.1. The van der Waals surface area contributed by atoms with E-state index in [1.54, 1.807) is 14.2 Å². The van der Waals surface area contributed by atoms with Crippen molar-refractivity contribution in [2.24, 2.45) is 0 Å². The molecular formula is C20H25FN2O4S. The third-order valence-corrected chi connectivity index (χ3v) is 6.93. The summed E-state index contributed by atoms with van der Waals surface area (Å²) >= 11 is 0. The highest BCUT2D eigenvalue weighted by molar-refractivity contribution is 7.89. The van der Waals surface area contributed by atoms with E-state index < -0.39 is 15.8 Å². The molecule has 6 nitrogen and oxygen atoms in total. The topological polar surface area (TPSA) is 59.1 Å². The number of nitrogens with zero attached hydrogens (tertiary/aromatic N) is 2. The van der Waals surface area contributed by atoms with Gasteiger partial charge in [0.25, 0.3) is 0 Å². The zero-order valence-electron chi connectivity index (χ0n) is 16.3. The van der Waals surface area contributed by atoms with Gasteiger partial charge in [0.1, 0.15) is 5.82 Å². The second kappa shape index (κ2) is 8.46. The smallest absolute Gasteiger partial charge is 0.243 e. The van der Waals surface area contributed by atoms with Crippen molar-refractivity contribution in [2.45, 2.75) is 18.4 Å². The van der Waals surface area contributed by atoms with Crippen LogP contribution >= 0.6 is 0 Å². The largest absolute Gasteiger partial charge is 0.493 e. The van der Waals surface area contributed by atoms with Gasteiger partial charge in [-0.3, -0.25) is 4.90 Å². The van der Waals surface area contributed by atoms with Gasteiger partial charge in [0.15, 0.2) is 11.5 Å². The van der Waals surface area contributed by atoms with Crippen LogP contribution in [0.1, 0.15) is 11.1 Å². The van der Waals surface area contributed by atoms with Gasteiger partial charge in [-0.2, -0.15) is 4.31 Å². The summed E-state index contributed by atoms with van der Waals surface area (Å²) in [5.74, 6) is 0.925. The molecule has 0 saturated carbocycles. The Hall–Kier alpha value is -2.16. The lowest BCUT2D eigenvalue weighted by Gasteiger charge is -2.34. The highest BCUT2D eigenvalue weighted by atomic mass is 32.2. The van der Waals surface area contributed by atoms with Crippen molar-refractivity contribution in [1.82, 2.24) is 9.21 Å². The first-order valence-electron chi connectivity index (χ1n) is 9.04. The Morgan fingerprint density at radius 2 is 1.54 bits per heavy atom. The molecule has 0 amide bonds. The molecule has 0 aliphatic carbocycles. The van der Waals surface area contributed by atoms with Crippen LogP contribution in [-0.4, -0.2) is 58.0 Å². The molecule has 1 fully saturated rings. The van der Waals surface area contributed by atoms with Crippen molar-refractivity contribution in [3.63, 3.8) is 0 Å². The SMILES string of the molecule is COc1cc(C)c(CN2CCN(S(=O)(=O)c3ccc(F)cc3)CC2)cc1OC. The fraction of sp³-hybridized carbons (Fsp3) is 0.400. The third-order valence-electron chi connectivity index (χ3n) is 5.02. The van der Waals surface area contributed by atoms with E-state index in [9.17, 15) is 12.8 Å². The maximum atomic E-state index is 13.1. The maximum Gasteiger partial charge on any atom is 0.243 e. The van der Waals surface area contributed by atoms with Gasteiger partial charge in [0.2, 0.25) is 10.0 Å². The molecule has 3 rings (SSSR count). The Labute approximate surface area is 165 Å². The van der Waals surface area contributed by atoms with Crippen molar-refractivity contribution in [3.05, 3.63) is 53.3 Å². The number of piperazine rings is 1. The molecule has 0 bridgehead atoms. The summed E-state index contributed by atoms with van der Waals surface area (Å²) in [7, 11) is -0.383. The van der Waals surface area contributed by atoms with Gasteiger partial charge in [0, 0.05) is 32.7 Å². The third kappa shape index (κ3) is 4.29. The van der Waals surface area contributed by atoms with Crippen molar-refractivity contribution in [2.75, 3.05) is 40.4 Å². The van der Waals surface area contributed by atoms with Crippen LogP contribution in [0.2, 0.25) is 0 Å². The van der Waals surface area contributed by atoms with Crippen LogP contribution < -0.4 is 9.47 Å². The standard InChI is InChI=1S/C20H25FN2O4S/c1-15-12-19(26-2)20(27-3)13-16(15)14-22-8-10-23(11-9-22)28(24,25)18-6-4-17(21)5-7-18/h4-7,12-13H,8-11,14H2,1-3H3. The number of methoxy groups -OCH3 is 2. The van der Waals surface area contributed by atoms with Crippen molar-refractivity contribution in [3.8, 4) is 11.5 Å². The molecule has 152 valence electrons. The van der Waals surface area contributed by atoms with Gasteiger partial charge in [-0.05, 0) is 54.4 Å². The van der Waals surface area contributed by atoms with Crippen molar-refractivity contribution < 1.29 is 22.3 Å². The van der Waals surface area contributed by atoms with Crippen LogP contribution in [0.25, 0.3) is 0 Å². The van der Waals surface area contributed by atoms with E-state index in [-0.39, 0.29) is 4.90 Å². The normalized spacial score (nSPS) is 16.1. The minimum atomic E-state index is -3.60. The van der Waals surface area contributed by atoms with Gasteiger partial charge in [0.05, 0.1) is 19.1 Å². The summed E-state index contributed by atoms with van der Waals surface area (Å²) in [4.78, 5) is 2.34. The minimum absolute atomic E-state index is 0.123. The van der Waals surface area contributed by atoms with Crippen LogP contribution in [0.3, 0.4) is 0 Å². The lowest BCUT2D eigenvalue weighted by molar-refractivity contribution is 0.181. The Bertz CT molecular complexity index is 924. The molecule has 28 heavy (non-hydrogen) atoms.